The first kappa shape index (κ1) is 10.6. The lowest BCUT2D eigenvalue weighted by Gasteiger charge is -2.07. The van der Waals surface area contributed by atoms with Gasteiger partial charge in [0, 0.05) is 19.3 Å². The van der Waals surface area contributed by atoms with E-state index in [4.69, 9.17) is 10.8 Å². The van der Waals surface area contributed by atoms with E-state index in [1.165, 1.54) is 0 Å². The maximum atomic E-state index is 10.5. The summed E-state index contributed by atoms with van der Waals surface area (Å²) in [5.74, 6) is -0.724. The number of carbonyl (C=O) groups is 1. The summed E-state index contributed by atoms with van der Waals surface area (Å²) in [4.78, 5) is 14.5. The van der Waals surface area contributed by atoms with Gasteiger partial charge in [0.15, 0.2) is 0 Å². The number of amides is 1. The Morgan fingerprint density at radius 3 is 3.00 bits per heavy atom. The molecule has 14 heavy (non-hydrogen) atoms. The molecular weight excluding hydrogens is 182 g/mol. The molecule has 0 aliphatic heterocycles. The second-order valence-corrected chi connectivity index (χ2v) is 2.87. The number of nitrogens with zero attached hydrogens (tertiary/aromatic N) is 1. The Bertz CT molecular complexity index is 289. The van der Waals surface area contributed by atoms with Gasteiger partial charge in [0.25, 0.3) is 0 Å². The first-order valence-corrected chi connectivity index (χ1v) is 4.28. The standard InChI is InChI=1S/C9H13N3O2/c10-9(14)8(13)6-11-5-7-3-1-2-4-12-7/h1-4,8,11,13H,5-6H2,(H2,10,14). The van der Waals surface area contributed by atoms with Crippen LogP contribution in [-0.4, -0.2) is 28.6 Å². The van der Waals surface area contributed by atoms with Crippen LogP contribution in [0.3, 0.4) is 0 Å². The largest absolute Gasteiger partial charge is 0.382 e. The minimum Gasteiger partial charge on any atom is -0.382 e. The van der Waals surface area contributed by atoms with Gasteiger partial charge in [-0.3, -0.25) is 9.78 Å². The topological polar surface area (TPSA) is 88.2 Å². The smallest absolute Gasteiger partial charge is 0.247 e. The van der Waals surface area contributed by atoms with Crippen LogP contribution in [0.5, 0.6) is 0 Å². The zero-order valence-electron chi connectivity index (χ0n) is 7.68. The van der Waals surface area contributed by atoms with E-state index in [0.717, 1.165) is 5.69 Å². The average molecular weight is 195 g/mol. The predicted molar refractivity (Wildman–Crippen MR) is 51.1 cm³/mol. The van der Waals surface area contributed by atoms with E-state index < -0.39 is 12.0 Å². The van der Waals surface area contributed by atoms with E-state index in [1.807, 2.05) is 18.2 Å². The number of hydrogen-bond acceptors (Lipinski definition) is 4. The van der Waals surface area contributed by atoms with Crippen molar-refractivity contribution in [3.05, 3.63) is 30.1 Å². The van der Waals surface area contributed by atoms with Crippen molar-refractivity contribution < 1.29 is 9.90 Å². The van der Waals surface area contributed by atoms with Gasteiger partial charge in [0.2, 0.25) is 5.91 Å². The van der Waals surface area contributed by atoms with E-state index in [2.05, 4.69) is 10.3 Å². The van der Waals surface area contributed by atoms with Crippen LogP contribution in [0.4, 0.5) is 0 Å². The Morgan fingerprint density at radius 1 is 1.64 bits per heavy atom. The molecule has 1 atom stereocenters. The molecule has 5 nitrogen and oxygen atoms in total. The molecule has 76 valence electrons. The van der Waals surface area contributed by atoms with Gasteiger partial charge in [0.1, 0.15) is 6.10 Å². The van der Waals surface area contributed by atoms with Gasteiger partial charge in [-0.25, -0.2) is 0 Å². The number of carbonyl (C=O) groups excluding carboxylic acids is 1. The summed E-state index contributed by atoms with van der Waals surface area (Å²) >= 11 is 0. The number of rotatable bonds is 5. The van der Waals surface area contributed by atoms with Crippen molar-refractivity contribution in [2.24, 2.45) is 5.73 Å². The Hall–Kier alpha value is -1.46. The number of aliphatic hydroxyl groups excluding tert-OH is 1. The highest BCUT2D eigenvalue weighted by Gasteiger charge is 2.09. The van der Waals surface area contributed by atoms with Crippen LogP contribution in [0.2, 0.25) is 0 Å². The van der Waals surface area contributed by atoms with Gasteiger partial charge in [-0.2, -0.15) is 0 Å². The Labute approximate surface area is 82.0 Å². The zero-order valence-corrected chi connectivity index (χ0v) is 7.68. The SMILES string of the molecule is NC(=O)C(O)CNCc1ccccn1. The second-order valence-electron chi connectivity index (χ2n) is 2.87. The fraction of sp³-hybridized carbons (Fsp3) is 0.333. The Balaban J connectivity index is 2.26. The van der Waals surface area contributed by atoms with Crippen molar-refractivity contribution in [3.8, 4) is 0 Å². The van der Waals surface area contributed by atoms with Crippen LogP contribution in [0.15, 0.2) is 24.4 Å². The highest BCUT2D eigenvalue weighted by atomic mass is 16.3. The molecule has 0 aliphatic rings. The zero-order chi connectivity index (χ0) is 10.4. The maximum absolute atomic E-state index is 10.5. The van der Waals surface area contributed by atoms with Crippen LogP contribution in [0, 0.1) is 0 Å². The average Bonchev–Trinajstić information content (AvgIpc) is 2.19. The monoisotopic (exact) mass is 195 g/mol. The molecule has 0 saturated heterocycles. The summed E-state index contributed by atoms with van der Waals surface area (Å²) in [5.41, 5.74) is 5.72. The highest BCUT2D eigenvalue weighted by molar-refractivity contribution is 5.78. The Morgan fingerprint density at radius 2 is 2.43 bits per heavy atom. The van der Waals surface area contributed by atoms with E-state index in [9.17, 15) is 4.79 Å². The highest BCUT2D eigenvalue weighted by Crippen LogP contribution is 1.91. The molecule has 1 heterocycles. The van der Waals surface area contributed by atoms with Gasteiger partial charge in [-0.1, -0.05) is 6.07 Å². The number of pyridine rings is 1. The maximum Gasteiger partial charge on any atom is 0.247 e. The molecule has 1 rings (SSSR count). The summed E-state index contributed by atoms with van der Waals surface area (Å²) in [6.07, 6.45) is 0.542. The molecule has 1 amide bonds. The summed E-state index contributed by atoms with van der Waals surface area (Å²) < 4.78 is 0. The van der Waals surface area contributed by atoms with Crippen molar-refractivity contribution in [2.75, 3.05) is 6.54 Å². The van der Waals surface area contributed by atoms with Crippen LogP contribution in [0.25, 0.3) is 0 Å². The summed E-state index contributed by atoms with van der Waals surface area (Å²) in [5, 5.41) is 11.9. The third-order valence-corrected chi connectivity index (χ3v) is 1.70. The van der Waals surface area contributed by atoms with Gasteiger partial charge >= 0.3 is 0 Å². The molecule has 0 saturated carbocycles. The lowest BCUT2D eigenvalue weighted by Crippen LogP contribution is -2.37. The molecule has 0 fully saturated rings. The third kappa shape index (κ3) is 3.51. The molecule has 0 aliphatic carbocycles. The number of nitrogens with two attached hydrogens (primary N) is 1. The van der Waals surface area contributed by atoms with E-state index >= 15 is 0 Å². The lowest BCUT2D eigenvalue weighted by molar-refractivity contribution is -0.125. The summed E-state index contributed by atoms with van der Waals surface area (Å²) in [6, 6.07) is 5.54. The van der Waals surface area contributed by atoms with E-state index in [-0.39, 0.29) is 6.54 Å². The molecule has 1 aromatic heterocycles. The number of hydrogen-bond donors (Lipinski definition) is 3. The van der Waals surface area contributed by atoms with Gasteiger partial charge in [-0.05, 0) is 12.1 Å². The normalized spacial score (nSPS) is 12.4. The van der Waals surface area contributed by atoms with Crippen LogP contribution in [0.1, 0.15) is 5.69 Å². The van der Waals surface area contributed by atoms with Crippen molar-refractivity contribution in [1.29, 1.82) is 0 Å². The van der Waals surface area contributed by atoms with Crippen LogP contribution in [-0.2, 0) is 11.3 Å². The molecule has 0 radical (unpaired) electrons. The predicted octanol–water partition coefficient (Wildman–Crippen LogP) is -0.983. The van der Waals surface area contributed by atoms with Crippen molar-refractivity contribution in [1.82, 2.24) is 10.3 Å². The van der Waals surface area contributed by atoms with E-state index in [0.29, 0.717) is 6.54 Å². The fourth-order valence-electron chi connectivity index (χ4n) is 0.940. The number of nitrogens with one attached hydrogen (secondary N) is 1. The molecule has 0 spiro atoms. The van der Waals surface area contributed by atoms with E-state index in [1.54, 1.807) is 6.20 Å². The Kier molecular flexibility index (Phi) is 4.03. The lowest BCUT2D eigenvalue weighted by atomic mass is 10.3. The van der Waals surface area contributed by atoms with Crippen molar-refractivity contribution in [3.63, 3.8) is 0 Å². The first-order chi connectivity index (χ1) is 6.70. The van der Waals surface area contributed by atoms with Crippen LogP contribution < -0.4 is 11.1 Å². The second kappa shape index (κ2) is 5.31. The summed E-state index contributed by atoms with van der Waals surface area (Å²) in [6.45, 7) is 0.650. The first-order valence-electron chi connectivity index (χ1n) is 4.28. The van der Waals surface area contributed by atoms with Gasteiger partial charge < -0.3 is 16.2 Å². The van der Waals surface area contributed by atoms with Crippen molar-refractivity contribution in [2.45, 2.75) is 12.6 Å². The van der Waals surface area contributed by atoms with Crippen LogP contribution >= 0.6 is 0 Å². The quantitative estimate of drug-likeness (QED) is 0.563. The molecule has 1 aromatic rings. The molecule has 0 bridgehead atoms. The molecule has 0 aromatic carbocycles. The minimum atomic E-state index is -1.14. The molecule has 5 heteroatoms. The number of aromatic nitrogens is 1. The molecular formula is C9H13N3O2. The number of aliphatic hydroxyl groups is 1. The summed E-state index contributed by atoms with van der Waals surface area (Å²) in [7, 11) is 0. The van der Waals surface area contributed by atoms with Gasteiger partial charge in [-0.15, -0.1) is 0 Å². The minimum absolute atomic E-state index is 0.145. The third-order valence-electron chi connectivity index (χ3n) is 1.70. The fourth-order valence-corrected chi connectivity index (χ4v) is 0.940. The van der Waals surface area contributed by atoms with Gasteiger partial charge in [0.05, 0.1) is 5.69 Å². The number of primary amides is 1. The molecule has 4 N–H and O–H groups in total. The van der Waals surface area contributed by atoms with Crippen molar-refractivity contribution >= 4 is 5.91 Å². The molecule has 1 unspecified atom stereocenters.